The van der Waals surface area contributed by atoms with Crippen LogP contribution in [-0.4, -0.2) is 17.4 Å². The van der Waals surface area contributed by atoms with Gasteiger partial charge in [0.2, 0.25) is 5.91 Å². The molecule has 2 rings (SSSR count). The Labute approximate surface area is 103 Å². The first-order valence-electron chi connectivity index (χ1n) is 6.25. The average Bonchev–Trinajstić information content (AvgIpc) is 2.38. The van der Waals surface area contributed by atoms with Gasteiger partial charge in [-0.1, -0.05) is 44.2 Å². The summed E-state index contributed by atoms with van der Waals surface area (Å²) in [6, 6.07) is 8.46. The number of rotatable bonds is 3. The molecule has 17 heavy (non-hydrogen) atoms. The van der Waals surface area contributed by atoms with Crippen molar-refractivity contribution < 1.29 is 4.79 Å². The Hall–Kier alpha value is -1.57. The number of carbonyl (C=O) groups excluding carboxylic acids is 1. The van der Waals surface area contributed by atoms with Crippen LogP contribution in [0.2, 0.25) is 0 Å². The van der Waals surface area contributed by atoms with Gasteiger partial charge < -0.3 is 4.90 Å². The van der Waals surface area contributed by atoms with E-state index in [0.717, 1.165) is 25.9 Å². The number of amides is 1. The van der Waals surface area contributed by atoms with Gasteiger partial charge in [0.05, 0.1) is 0 Å². The van der Waals surface area contributed by atoms with Crippen molar-refractivity contribution in [2.45, 2.75) is 32.2 Å². The smallest absolute Gasteiger partial charge is 0.246 e. The van der Waals surface area contributed by atoms with Crippen LogP contribution in [0.1, 0.15) is 36.8 Å². The van der Waals surface area contributed by atoms with Crippen LogP contribution >= 0.6 is 0 Å². The van der Waals surface area contributed by atoms with Crippen molar-refractivity contribution in [3.05, 3.63) is 48.0 Å². The average molecular weight is 229 g/mol. The largest absolute Gasteiger partial charge is 0.334 e. The molecule has 1 amide bonds. The minimum atomic E-state index is 0.0422. The maximum Gasteiger partial charge on any atom is 0.246 e. The zero-order valence-corrected chi connectivity index (χ0v) is 10.4. The topological polar surface area (TPSA) is 20.3 Å². The maximum absolute atomic E-state index is 11.7. The lowest BCUT2D eigenvalue weighted by molar-refractivity contribution is -0.127. The Balaban J connectivity index is 2.28. The third-order valence-electron chi connectivity index (χ3n) is 3.42. The summed E-state index contributed by atoms with van der Waals surface area (Å²) < 4.78 is 0. The maximum atomic E-state index is 11.7. The highest BCUT2D eigenvalue weighted by molar-refractivity contribution is 5.87. The molecule has 2 heteroatoms. The summed E-state index contributed by atoms with van der Waals surface area (Å²) in [6.07, 6.45) is 3.70. The van der Waals surface area contributed by atoms with Crippen LogP contribution in [0.3, 0.4) is 0 Å². The SMILES string of the molecule is C=CC(=O)N1Cc2ccccc2C(CCC)C1. The molecule has 0 fully saturated rings. The molecule has 1 aliphatic rings. The van der Waals surface area contributed by atoms with Crippen LogP contribution in [0.25, 0.3) is 0 Å². The fraction of sp³-hybridized carbons (Fsp3) is 0.400. The molecule has 0 spiro atoms. The first-order valence-corrected chi connectivity index (χ1v) is 6.25. The van der Waals surface area contributed by atoms with E-state index < -0.39 is 0 Å². The molecule has 0 N–H and O–H groups in total. The third kappa shape index (κ3) is 2.41. The van der Waals surface area contributed by atoms with Crippen LogP contribution in [0.4, 0.5) is 0 Å². The van der Waals surface area contributed by atoms with E-state index in [1.54, 1.807) is 0 Å². The molecule has 1 aromatic rings. The number of benzene rings is 1. The van der Waals surface area contributed by atoms with Crippen LogP contribution in [-0.2, 0) is 11.3 Å². The Kier molecular flexibility index (Phi) is 3.62. The summed E-state index contributed by atoms with van der Waals surface area (Å²) in [7, 11) is 0. The van der Waals surface area contributed by atoms with Crippen molar-refractivity contribution in [2.24, 2.45) is 0 Å². The van der Waals surface area contributed by atoms with Crippen molar-refractivity contribution in [1.29, 1.82) is 0 Å². The van der Waals surface area contributed by atoms with E-state index in [1.165, 1.54) is 17.2 Å². The van der Waals surface area contributed by atoms with Gasteiger partial charge in [0.1, 0.15) is 0 Å². The summed E-state index contributed by atoms with van der Waals surface area (Å²) in [5, 5.41) is 0. The van der Waals surface area contributed by atoms with E-state index in [-0.39, 0.29) is 5.91 Å². The lowest BCUT2D eigenvalue weighted by Gasteiger charge is -2.34. The van der Waals surface area contributed by atoms with E-state index in [4.69, 9.17) is 0 Å². The third-order valence-corrected chi connectivity index (χ3v) is 3.42. The second-order valence-electron chi connectivity index (χ2n) is 4.61. The predicted molar refractivity (Wildman–Crippen MR) is 69.7 cm³/mol. The lowest BCUT2D eigenvalue weighted by Crippen LogP contribution is -2.37. The van der Waals surface area contributed by atoms with Crippen molar-refractivity contribution in [3.8, 4) is 0 Å². The summed E-state index contributed by atoms with van der Waals surface area (Å²) in [5.74, 6) is 0.523. The Morgan fingerprint density at radius 2 is 2.29 bits per heavy atom. The molecule has 2 nitrogen and oxygen atoms in total. The van der Waals surface area contributed by atoms with E-state index in [1.807, 2.05) is 11.0 Å². The second-order valence-corrected chi connectivity index (χ2v) is 4.61. The highest BCUT2D eigenvalue weighted by atomic mass is 16.2. The number of carbonyl (C=O) groups is 1. The van der Waals surface area contributed by atoms with Gasteiger partial charge in [0.15, 0.2) is 0 Å². The van der Waals surface area contributed by atoms with Crippen molar-refractivity contribution in [3.63, 3.8) is 0 Å². The van der Waals surface area contributed by atoms with Gasteiger partial charge in [-0.05, 0) is 23.6 Å². The number of fused-ring (bicyclic) bond motifs is 1. The van der Waals surface area contributed by atoms with Gasteiger partial charge in [0.25, 0.3) is 0 Å². The molecule has 0 bridgehead atoms. The molecule has 0 aliphatic carbocycles. The van der Waals surface area contributed by atoms with Crippen LogP contribution < -0.4 is 0 Å². The minimum Gasteiger partial charge on any atom is -0.334 e. The molecular formula is C15H19NO. The first kappa shape index (κ1) is 11.9. The van der Waals surface area contributed by atoms with Crippen LogP contribution in [0.15, 0.2) is 36.9 Å². The van der Waals surface area contributed by atoms with E-state index in [0.29, 0.717) is 5.92 Å². The predicted octanol–water partition coefficient (Wildman–Crippen LogP) is 3.10. The van der Waals surface area contributed by atoms with Gasteiger partial charge in [-0.15, -0.1) is 0 Å². The first-order chi connectivity index (χ1) is 8.26. The lowest BCUT2D eigenvalue weighted by atomic mass is 9.87. The van der Waals surface area contributed by atoms with E-state index >= 15 is 0 Å². The Bertz CT molecular complexity index is 425. The molecule has 1 atom stereocenters. The monoisotopic (exact) mass is 229 g/mol. The van der Waals surface area contributed by atoms with Gasteiger partial charge in [-0.25, -0.2) is 0 Å². The van der Waals surface area contributed by atoms with E-state index in [2.05, 4.69) is 31.7 Å². The normalized spacial score (nSPS) is 18.6. The van der Waals surface area contributed by atoms with Gasteiger partial charge in [0, 0.05) is 19.0 Å². The zero-order chi connectivity index (χ0) is 12.3. The highest BCUT2D eigenvalue weighted by Gasteiger charge is 2.25. The Morgan fingerprint density at radius 3 is 3.00 bits per heavy atom. The molecular weight excluding hydrogens is 210 g/mol. The standard InChI is InChI=1S/C15H19NO/c1-3-7-12-10-16(15(17)4-2)11-13-8-5-6-9-14(12)13/h4-6,8-9,12H,2-3,7,10-11H2,1H3. The summed E-state index contributed by atoms with van der Waals surface area (Å²) >= 11 is 0. The molecule has 0 saturated carbocycles. The molecule has 1 heterocycles. The summed E-state index contributed by atoms with van der Waals surface area (Å²) in [4.78, 5) is 13.6. The van der Waals surface area contributed by atoms with Gasteiger partial charge in [-0.2, -0.15) is 0 Å². The fourth-order valence-corrected chi connectivity index (χ4v) is 2.60. The number of nitrogens with zero attached hydrogens (tertiary/aromatic N) is 1. The second kappa shape index (κ2) is 5.17. The highest BCUT2D eigenvalue weighted by Crippen LogP contribution is 2.31. The summed E-state index contributed by atoms with van der Waals surface area (Å²) in [6.45, 7) is 7.32. The molecule has 90 valence electrons. The van der Waals surface area contributed by atoms with Crippen LogP contribution in [0, 0.1) is 0 Å². The molecule has 0 aromatic heterocycles. The molecule has 1 aromatic carbocycles. The fourth-order valence-electron chi connectivity index (χ4n) is 2.60. The quantitative estimate of drug-likeness (QED) is 0.729. The van der Waals surface area contributed by atoms with Crippen LogP contribution in [0.5, 0.6) is 0 Å². The van der Waals surface area contributed by atoms with Crippen molar-refractivity contribution in [2.75, 3.05) is 6.54 Å². The van der Waals surface area contributed by atoms with Crippen molar-refractivity contribution >= 4 is 5.91 Å². The number of hydrogen-bond acceptors (Lipinski definition) is 1. The number of hydrogen-bond donors (Lipinski definition) is 0. The minimum absolute atomic E-state index is 0.0422. The van der Waals surface area contributed by atoms with Gasteiger partial charge in [-0.3, -0.25) is 4.79 Å². The zero-order valence-electron chi connectivity index (χ0n) is 10.4. The molecule has 0 saturated heterocycles. The Morgan fingerprint density at radius 1 is 1.53 bits per heavy atom. The van der Waals surface area contributed by atoms with E-state index in [9.17, 15) is 4.79 Å². The van der Waals surface area contributed by atoms with Crippen molar-refractivity contribution in [1.82, 2.24) is 4.90 Å². The summed E-state index contributed by atoms with van der Waals surface area (Å²) in [5.41, 5.74) is 2.70. The van der Waals surface area contributed by atoms with Gasteiger partial charge >= 0.3 is 0 Å². The molecule has 1 aliphatic heterocycles. The molecule has 1 unspecified atom stereocenters. The molecule has 0 radical (unpaired) electrons.